The van der Waals surface area contributed by atoms with Crippen LogP contribution < -0.4 is 0 Å². The highest BCUT2D eigenvalue weighted by Crippen LogP contribution is 2.41. The average molecular weight is 276 g/mol. The Morgan fingerprint density at radius 2 is 2.16 bits per heavy atom. The third kappa shape index (κ3) is 5.19. The fourth-order valence-electron chi connectivity index (χ4n) is 2.39. The van der Waals surface area contributed by atoms with Gasteiger partial charge in [-0.1, -0.05) is 31.6 Å². The van der Waals surface area contributed by atoms with E-state index in [4.69, 9.17) is 0 Å². The second kappa shape index (κ2) is 5.90. The lowest BCUT2D eigenvalue weighted by Crippen LogP contribution is -2.26. The minimum Gasteiger partial charge on any atom is -0.292 e. The maximum Gasteiger partial charge on any atom is 0.522 e. The fourth-order valence-corrected chi connectivity index (χ4v) is 2.39. The van der Waals surface area contributed by atoms with Crippen molar-refractivity contribution in [2.45, 2.75) is 40.0 Å². The lowest BCUT2D eigenvalue weighted by atomic mass is 9.68. The minimum atomic E-state index is -4.76. The summed E-state index contributed by atoms with van der Waals surface area (Å²) in [4.78, 5) is 11.3. The number of ether oxygens (including phenoxy) is 1. The first-order chi connectivity index (χ1) is 8.62. The molecule has 2 nitrogen and oxygen atoms in total. The summed E-state index contributed by atoms with van der Waals surface area (Å²) in [6.45, 7) is 5.20. The van der Waals surface area contributed by atoms with Crippen LogP contribution in [0.1, 0.15) is 33.6 Å². The van der Waals surface area contributed by atoms with Gasteiger partial charge >= 0.3 is 6.36 Å². The highest BCUT2D eigenvalue weighted by Gasteiger charge is 2.32. The van der Waals surface area contributed by atoms with Crippen molar-refractivity contribution in [2.75, 3.05) is 6.61 Å². The highest BCUT2D eigenvalue weighted by molar-refractivity contribution is 5.90. The zero-order valence-electron chi connectivity index (χ0n) is 11.4. The van der Waals surface area contributed by atoms with E-state index in [9.17, 15) is 18.0 Å². The van der Waals surface area contributed by atoms with Crippen LogP contribution >= 0.6 is 0 Å². The Kier molecular flexibility index (Phi) is 4.96. The standard InChI is InChI=1S/C14H19F3O2/c1-10-5-4-8-13(2,3)12(10)7-6-11(18)9-19-14(15,16)17/h5-7,12H,4,8-9H2,1-3H3/b7-6+. The van der Waals surface area contributed by atoms with E-state index in [1.165, 1.54) is 6.08 Å². The van der Waals surface area contributed by atoms with E-state index in [1.54, 1.807) is 6.08 Å². The van der Waals surface area contributed by atoms with E-state index in [2.05, 4.69) is 24.7 Å². The third-order valence-corrected chi connectivity index (χ3v) is 3.44. The molecular formula is C14H19F3O2. The molecule has 1 aliphatic carbocycles. The molecule has 1 aliphatic rings. The number of ketones is 1. The zero-order valence-corrected chi connectivity index (χ0v) is 11.4. The third-order valence-electron chi connectivity index (χ3n) is 3.44. The van der Waals surface area contributed by atoms with Crippen molar-refractivity contribution in [3.8, 4) is 0 Å². The number of hydrogen-bond acceptors (Lipinski definition) is 2. The van der Waals surface area contributed by atoms with Crippen LogP contribution in [0.2, 0.25) is 0 Å². The van der Waals surface area contributed by atoms with Gasteiger partial charge < -0.3 is 0 Å². The topological polar surface area (TPSA) is 26.3 Å². The molecule has 0 saturated carbocycles. The molecule has 0 heterocycles. The summed E-state index contributed by atoms with van der Waals surface area (Å²) in [5, 5.41) is 0. The van der Waals surface area contributed by atoms with Gasteiger partial charge in [0.15, 0.2) is 5.78 Å². The van der Waals surface area contributed by atoms with Crippen molar-refractivity contribution in [2.24, 2.45) is 11.3 Å². The second-order valence-electron chi connectivity index (χ2n) is 5.51. The Morgan fingerprint density at radius 3 is 2.68 bits per heavy atom. The molecule has 0 saturated heterocycles. The average Bonchev–Trinajstić information content (AvgIpc) is 2.23. The maximum absolute atomic E-state index is 11.8. The van der Waals surface area contributed by atoms with Crippen molar-refractivity contribution in [1.29, 1.82) is 0 Å². The predicted molar refractivity (Wildman–Crippen MR) is 66.4 cm³/mol. The molecule has 5 heteroatoms. The summed E-state index contributed by atoms with van der Waals surface area (Å²) in [5.41, 5.74) is 1.16. The van der Waals surface area contributed by atoms with E-state index < -0.39 is 18.8 Å². The summed E-state index contributed by atoms with van der Waals surface area (Å²) < 4.78 is 38.9. The van der Waals surface area contributed by atoms with Gasteiger partial charge in [0.25, 0.3) is 0 Å². The SMILES string of the molecule is CC1=CCCC(C)(C)C1/C=C/C(=O)COC(F)(F)F. The predicted octanol–water partition coefficient (Wildman–Crippen LogP) is 4.03. The zero-order chi connectivity index (χ0) is 14.7. The van der Waals surface area contributed by atoms with Crippen LogP contribution in [0.15, 0.2) is 23.8 Å². The summed E-state index contributed by atoms with van der Waals surface area (Å²) in [5.74, 6) is -0.595. The number of rotatable bonds is 4. The molecule has 0 spiro atoms. The smallest absolute Gasteiger partial charge is 0.292 e. The van der Waals surface area contributed by atoms with Gasteiger partial charge in [0, 0.05) is 5.92 Å². The molecule has 0 aromatic heterocycles. The van der Waals surface area contributed by atoms with Crippen LogP contribution in [0, 0.1) is 11.3 Å². The van der Waals surface area contributed by atoms with E-state index in [-0.39, 0.29) is 11.3 Å². The van der Waals surface area contributed by atoms with Gasteiger partial charge in [0.1, 0.15) is 6.61 Å². The van der Waals surface area contributed by atoms with Gasteiger partial charge in [-0.3, -0.25) is 9.53 Å². The first kappa shape index (κ1) is 16.0. The van der Waals surface area contributed by atoms with Gasteiger partial charge in [-0.05, 0) is 31.3 Å². The largest absolute Gasteiger partial charge is 0.522 e. The van der Waals surface area contributed by atoms with E-state index in [0.29, 0.717) is 0 Å². The second-order valence-corrected chi connectivity index (χ2v) is 5.51. The van der Waals surface area contributed by atoms with Crippen molar-refractivity contribution in [1.82, 2.24) is 0 Å². The van der Waals surface area contributed by atoms with Crippen molar-refractivity contribution in [3.05, 3.63) is 23.8 Å². The molecule has 0 N–H and O–H groups in total. The number of carbonyl (C=O) groups is 1. The van der Waals surface area contributed by atoms with Crippen LogP contribution in [0.4, 0.5) is 13.2 Å². The molecule has 0 aromatic rings. The maximum atomic E-state index is 11.8. The van der Waals surface area contributed by atoms with Crippen LogP contribution in [-0.2, 0) is 9.53 Å². The Labute approximate surface area is 111 Å². The molecule has 0 radical (unpaired) electrons. The first-order valence-electron chi connectivity index (χ1n) is 6.20. The lowest BCUT2D eigenvalue weighted by Gasteiger charge is -2.36. The lowest BCUT2D eigenvalue weighted by molar-refractivity contribution is -0.320. The van der Waals surface area contributed by atoms with Gasteiger partial charge in [0.05, 0.1) is 0 Å². The number of carbonyl (C=O) groups excluding carboxylic acids is 1. The molecule has 0 bridgehead atoms. The van der Waals surface area contributed by atoms with Crippen LogP contribution in [-0.4, -0.2) is 18.8 Å². The summed E-state index contributed by atoms with van der Waals surface area (Å²) >= 11 is 0. The molecule has 19 heavy (non-hydrogen) atoms. The number of alkyl halides is 3. The van der Waals surface area contributed by atoms with E-state index >= 15 is 0 Å². The molecule has 0 aromatic carbocycles. The number of hydrogen-bond donors (Lipinski definition) is 0. The minimum absolute atomic E-state index is 0.0144. The Bertz CT molecular complexity index is 392. The quantitative estimate of drug-likeness (QED) is 0.572. The van der Waals surface area contributed by atoms with Crippen molar-refractivity contribution in [3.63, 3.8) is 0 Å². The molecule has 1 unspecified atom stereocenters. The molecule has 0 aliphatic heterocycles. The Hall–Kier alpha value is -1.10. The van der Waals surface area contributed by atoms with Gasteiger partial charge in [-0.25, -0.2) is 0 Å². The van der Waals surface area contributed by atoms with Crippen LogP contribution in [0.3, 0.4) is 0 Å². The summed E-state index contributed by atoms with van der Waals surface area (Å²) in [7, 11) is 0. The molecule has 0 amide bonds. The number of halogens is 3. The van der Waals surface area contributed by atoms with Gasteiger partial charge in [-0.2, -0.15) is 0 Å². The molecule has 0 fully saturated rings. The number of allylic oxidation sites excluding steroid dienone is 3. The monoisotopic (exact) mass is 276 g/mol. The van der Waals surface area contributed by atoms with Crippen LogP contribution in [0.5, 0.6) is 0 Å². The van der Waals surface area contributed by atoms with Gasteiger partial charge in [-0.15, -0.1) is 13.2 Å². The van der Waals surface area contributed by atoms with E-state index in [0.717, 1.165) is 18.4 Å². The Balaban J connectivity index is 2.62. The van der Waals surface area contributed by atoms with Crippen molar-refractivity contribution >= 4 is 5.78 Å². The Morgan fingerprint density at radius 1 is 1.53 bits per heavy atom. The molecule has 108 valence electrons. The van der Waals surface area contributed by atoms with Gasteiger partial charge in [0.2, 0.25) is 0 Å². The first-order valence-corrected chi connectivity index (χ1v) is 6.20. The fraction of sp³-hybridized carbons (Fsp3) is 0.643. The molecule has 1 atom stereocenters. The molecular weight excluding hydrogens is 257 g/mol. The summed E-state index contributed by atoms with van der Waals surface area (Å²) in [6.07, 6.45) is 2.22. The normalized spacial score (nSPS) is 23.5. The molecule has 1 rings (SSSR count). The van der Waals surface area contributed by atoms with Crippen molar-refractivity contribution < 1.29 is 22.7 Å². The summed E-state index contributed by atoms with van der Waals surface area (Å²) in [6, 6.07) is 0. The highest BCUT2D eigenvalue weighted by atomic mass is 19.4. The van der Waals surface area contributed by atoms with Crippen LogP contribution in [0.25, 0.3) is 0 Å². The van der Waals surface area contributed by atoms with E-state index in [1.807, 2.05) is 6.92 Å².